The number of hydrogen-bond donors (Lipinski definition) is 2. The van der Waals surface area contributed by atoms with Gasteiger partial charge in [0.05, 0.1) is 0 Å². The zero-order valence-corrected chi connectivity index (χ0v) is 16.4. The quantitative estimate of drug-likeness (QED) is 0.724. The molecule has 2 aromatic rings. The van der Waals surface area contributed by atoms with E-state index in [1.165, 1.54) is 0 Å². The topological polar surface area (TPSA) is 55.4 Å². The average molecular weight is 405 g/mol. The fraction of sp³-hybridized carbons (Fsp3) is 0.400. The molecule has 2 heterocycles. The molecule has 1 aliphatic rings. The fourth-order valence-electron chi connectivity index (χ4n) is 3.08. The number of fused-ring (bicyclic) bond motifs is 1. The molecule has 0 bridgehead atoms. The van der Waals surface area contributed by atoms with Crippen molar-refractivity contribution in [3.8, 4) is 11.5 Å². The van der Waals surface area contributed by atoms with Gasteiger partial charge in [0.2, 0.25) is 0 Å². The van der Waals surface area contributed by atoms with Crippen molar-refractivity contribution in [2.24, 2.45) is 0 Å². The molecule has 0 amide bonds. The Morgan fingerprint density at radius 2 is 2.10 bits per heavy atom. The maximum atomic E-state index is 13.1. The van der Waals surface area contributed by atoms with Crippen molar-refractivity contribution in [1.82, 2.24) is 15.6 Å². The summed E-state index contributed by atoms with van der Waals surface area (Å²) in [6.45, 7) is 5.63. The van der Waals surface area contributed by atoms with Crippen LogP contribution in [0.5, 0.6) is 11.5 Å². The molecule has 5 nitrogen and oxygen atoms in total. The van der Waals surface area contributed by atoms with Crippen LogP contribution in [0.3, 0.4) is 0 Å². The predicted octanol–water partition coefficient (Wildman–Crippen LogP) is 2.41. The van der Waals surface area contributed by atoms with Gasteiger partial charge in [-0.1, -0.05) is 0 Å². The molecule has 29 heavy (non-hydrogen) atoms. The van der Waals surface area contributed by atoms with Crippen molar-refractivity contribution in [2.75, 3.05) is 19.8 Å². The van der Waals surface area contributed by atoms with Gasteiger partial charge >= 0.3 is 168 Å². The van der Waals surface area contributed by atoms with Gasteiger partial charge in [-0.05, 0) is 0 Å². The summed E-state index contributed by atoms with van der Waals surface area (Å²) in [5.74, 6) is 0.460. The van der Waals surface area contributed by atoms with Crippen molar-refractivity contribution in [2.45, 2.75) is 32.1 Å². The van der Waals surface area contributed by atoms with E-state index in [4.69, 9.17) is 9.47 Å². The first-order chi connectivity index (χ1) is 13.7. The van der Waals surface area contributed by atoms with Crippen molar-refractivity contribution >= 4 is 13.1 Å². The summed E-state index contributed by atoms with van der Waals surface area (Å²) >= 11 is 0. The van der Waals surface area contributed by atoms with Gasteiger partial charge < -0.3 is 0 Å². The first kappa shape index (κ1) is 21.2. The molecule has 0 aliphatic carbocycles. The molecule has 0 radical (unpaired) electrons. The number of pyridine rings is 1. The molecule has 0 spiro atoms. The van der Waals surface area contributed by atoms with Gasteiger partial charge in [0, 0.05) is 0 Å². The van der Waals surface area contributed by atoms with E-state index in [-0.39, 0.29) is 12.4 Å². The maximum absolute atomic E-state index is 13.1. The number of hydrogen-bond acceptors (Lipinski definition) is 5. The van der Waals surface area contributed by atoms with Crippen LogP contribution in [0.2, 0.25) is 0 Å². The van der Waals surface area contributed by atoms with Crippen molar-refractivity contribution < 1.29 is 22.6 Å². The summed E-state index contributed by atoms with van der Waals surface area (Å²) in [6.07, 6.45) is -2.34. The minimum absolute atomic E-state index is 0.0156. The third-order valence-electron chi connectivity index (χ3n) is 4.43. The van der Waals surface area contributed by atoms with Crippen LogP contribution in [0.1, 0.15) is 30.5 Å². The van der Waals surface area contributed by atoms with Crippen LogP contribution in [0.15, 0.2) is 36.7 Å². The van der Waals surface area contributed by atoms with Gasteiger partial charge in [-0.25, -0.2) is 0 Å². The molecule has 3 rings (SSSR count). The molecule has 1 aliphatic heterocycles. The van der Waals surface area contributed by atoms with Crippen LogP contribution in [-0.2, 0) is 12.7 Å². The first-order valence-corrected chi connectivity index (χ1v) is 9.24. The van der Waals surface area contributed by atoms with Gasteiger partial charge in [0.25, 0.3) is 0 Å². The monoisotopic (exact) mass is 405 g/mol. The Labute approximate surface area is 168 Å². The zero-order chi connectivity index (χ0) is 21.1. The Morgan fingerprint density at radius 1 is 1.31 bits per heavy atom. The summed E-state index contributed by atoms with van der Waals surface area (Å²) in [5.41, 5.74) is 0.913. The van der Waals surface area contributed by atoms with Crippen molar-refractivity contribution in [3.05, 3.63) is 53.3 Å². The molecule has 0 saturated carbocycles. The van der Waals surface area contributed by atoms with E-state index in [0.717, 1.165) is 41.9 Å². The van der Waals surface area contributed by atoms with Gasteiger partial charge in [-0.15, -0.1) is 0 Å². The number of alkyl halides is 3. The Kier molecular flexibility index (Phi) is 6.17. The molecule has 0 fully saturated rings. The summed E-state index contributed by atoms with van der Waals surface area (Å²) in [6, 6.07) is 6.71. The molecular weight excluding hydrogens is 382 g/mol. The van der Waals surface area contributed by atoms with Gasteiger partial charge in [-0.3, -0.25) is 0 Å². The van der Waals surface area contributed by atoms with Crippen LogP contribution >= 0.6 is 0 Å². The van der Waals surface area contributed by atoms with Crippen molar-refractivity contribution in [3.63, 3.8) is 0 Å². The van der Waals surface area contributed by atoms with E-state index < -0.39 is 17.3 Å². The van der Waals surface area contributed by atoms with Crippen LogP contribution in [0.25, 0.3) is 0 Å². The molecule has 1 aromatic carbocycles. The zero-order valence-electron chi connectivity index (χ0n) is 16.4. The van der Waals surface area contributed by atoms with Crippen molar-refractivity contribution in [1.29, 1.82) is 0 Å². The van der Waals surface area contributed by atoms with E-state index in [1.807, 2.05) is 32.0 Å². The number of nitrogens with one attached hydrogen (secondary N) is 2. The van der Waals surface area contributed by atoms with Crippen LogP contribution in [0, 0.1) is 0 Å². The Hall–Kier alpha value is -2.55. The fourth-order valence-corrected chi connectivity index (χ4v) is 3.08. The van der Waals surface area contributed by atoms with E-state index in [0.29, 0.717) is 18.7 Å². The van der Waals surface area contributed by atoms with Crippen LogP contribution in [0.4, 0.5) is 13.2 Å². The summed E-state index contributed by atoms with van der Waals surface area (Å²) in [4.78, 5) is 3.74. The molecule has 0 atom stereocenters. The van der Waals surface area contributed by atoms with E-state index in [1.54, 1.807) is 0 Å². The molecule has 1 aromatic heterocycles. The second kappa shape index (κ2) is 8.45. The second-order valence-electron chi connectivity index (χ2n) is 7.46. The molecule has 0 saturated heterocycles. The second-order valence-corrected chi connectivity index (χ2v) is 7.46. The summed E-state index contributed by atoms with van der Waals surface area (Å²) in [5, 5.41) is 6.53. The first-order valence-electron chi connectivity index (χ1n) is 9.24. The number of aromatic nitrogens is 1. The standard InChI is InChI=1S/C20H23BF3N3O2/c1-19(2,12-29-16-11-25-7-6-15(16)20(22,23)24)27-18(21)14-5-3-4-13-10-26-8-9-28-17(13)14/h3-7,11,21,26-27H,8-10,12H2,1-2H3. The van der Waals surface area contributed by atoms with E-state index >= 15 is 0 Å². The Balaban J connectivity index is 1.72. The number of para-hydroxylation sites is 1. The SMILES string of the molecule is B=C(NC(C)(C)COc1cnccc1C(F)(F)F)c1cccc2c1OCCNC2. The third-order valence-corrected chi connectivity index (χ3v) is 4.43. The average Bonchev–Trinajstić information content (AvgIpc) is 2.91. The predicted molar refractivity (Wildman–Crippen MR) is 107 cm³/mol. The number of rotatable bonds is 6. The number of nitrogens with zero attached hydrogens (tertiary/aromatic N) is 1. The summed E-state index contributed by atoms with van der Waals surface area (Å²) in [7, 11) is 4.10. The molecule has 154 valence electrons. The van der Waals surface area contributed by atoms with Gasteiger partial charge in [0.1, 0.15) is 0 Å². The third kappa shape index (κ3) is 5.29. The minimum atomic E-state index is -4.51. The Bertz CT molecular complexity index is 888. The molecule has 2 N–H and O–H groups in total. The van der Waals surface area contributed by atoms with Crippen LogP contribution < -0.4 is 20.1 Å². The van der Waals surface area contributed by atoms with Crippen LogP contribution in [-0.4, -0.2) is 43.4 Å². The Morgan fingerprint density at radius 3 is 2.86 bits per heavy atom. The van der Waals surface area contributed by atoms with E-state index in [2.05, 4.69) is 23.1 Å². The van der Waals surface area contributed by atoms with Gasteiger partial charge in [0.15, 0.2) is 0 Å². The molecular formula is C20H23BF3N3O2. The number of halogens is 3. The van der Waals surface area contributed by atoms with E-state index in [9.17, 15) is 13.2 Å². The molecule has 0 unspecified atom stereocenters. The number of ether oxygens (including phenoxy) is 2. The van der Waals surface area contributed by atoms with Gasteiger partial charge in [-0.2, -0.15) is 0 Å². The number of benzene rings is 1. The normalized spacial score (nSPS) is 14.3. The summed E-state index contributed by atoms with van der Waals surface area (Å²) < 4.78 is 50.8. The molecule has 9 heteroatoms.